The van der Waals surface area contributed by atoms with Crippen LogP contribution in [0.5, 0.6) is 5.75 Å². The summed E-state index contributed by atoms with van der Waals surface area (Å²) >= 11 is 22.4. The fourth-order valence-electron chi connectivity index (χ4n) is 5.88. The summed E-state index contributed by atoms with van der Waals surface area (Å²) in [4.78, 5) is 77.3. The fourth-order valence-corrected chi connectivity index (χ4v) is 6.90. The number of ether oxygens (including phenoxy) is 2. The Morgan fingerprint density at radius 3 is 2.11 bits per heavy atom. The van der Waals surface area contributed by atoms with Gasteiger partial charge in [0.2, 0.25) is 5.91 Å². The average molecular weight is 995 g/mol. The first kappa shape index (κ1) is 57.7. The molecule has 352 valence electrons. The van der Waals surface area contributed by atoms with E-state index in [1.807, 2.05) is 32.0 Å². The van der Waals surface area contributed by atoms with Crippen molar-refractivity contribution in [2.75, 3.05) is 54.9 Å². The van der Waals surface area contributed by atoms with Gasteiger partial charge in [-0.05, 0) is 70.1 Å². The fraction of sp³-hybridized carbons (Fsp3) is 0.419. The first-order valence-corrected chi connectivity index (χ1v) is 23.2. The quantitative estimate of drug-likeness (QED) is 0.0286. The van der Waals surface area contributed by atoms with Crippen molar-refractivity contribution in [2.45, 2.75) is 70.7 Å². The van der Waals surface area contributed by atoms with E-state index in [2.05, 4.69) is 31.3 Å². The van der Waals surface area contributed by atoms with Crippen LogP contribution in [-0.4, -0.2) is 105 Å². The lowest BCUT2D eigenvalue weighted by Crippen LogP contribution is -2.35. The Bertz CT molecular complexity index is 2060. The molecule has 0 bridgehead atoms. The number of amides is 4. The van der Waals surface area contributed by atoms with E-state index in [1.165, 1.54) is 11.0 Å². The molecule has 1 atom stereocenters. The number of terminal acetylenes is 1. The molecule has 64 heavy (non-hydrogen) atoms. The van der Waals surface area contributed by atoms with Crippen LogP contribution in [0.2, 0.25) is 5.02 Å². The predicted molar refractivity (Wildman–Crippen MR) is 249 cm³/mol. The van der Waals surface area contributed by atoms with Crippen molar-refractivity contribution in [3.05, 3.63) is 88.8 Å². The molecule has 1 aliphatic carbocycles. The van der Waals surface area contributed by atoms with E-state index in [4.69, 9.17) is 77.2 Å². The molecule has 1 aliphatic heterocycles. The number of para-hydroxylation sites is 1. The molecular formula is C43H54Cl4FN4O11P. The van der Waals surface area contributed by atoms with Gasteiger partial charge < -0.3 is 29.3 Å². The van der Waals surface area contributed by atoms with Gasteiger partial charge in [-0.25, -0.2) is 9.29 Å². The second-order valence-electron chi connectivity index (χ2n) is 13.5. The number of aryl methyl sites for hydroxylation is 2. The van der Waals surface area contributed by atoms with Gasteiger partial charge in [-0.2, -0.15) is 0 Å². The van der Waals surface area contributed by atoms with Gasteiger partial charge in [0.15, 0.2) is 10.9 Å². The van der Waals surface area contributed by atoms with Gasteiger partial charge in [0.05, 0.1) is 29.2 Å². The molecule has 0 saturated carbocycles. The first-order valence-electron chi connectivity index (χ1n) is 19.6. The molecule has 21 heteroatoms. The highest BCUT2D eigenvalue weighted by molar-refractivity contribution is 7.51. The highest BCUT2D eigenvalue weighted by atomic mass is 35.5. The Hall–Kier alpha value is -4.27. The van der Waals surface area contributed by atoms with E-state index in [0.717, 1.165) is 47.0 Å². The Labute approximate surface area is 393 Å². The Balaban J connectivity index is 0.000000454. The maximum absolute atomic E-state index is 14.4. The Kier molecular flexibility index (Phi) is 26.4. The highest BCUT2D eigenvalue weighted by Crippen LogP contribution is 2.40. The standard InChI is InChI=1S/C18H15ClFNO3.C14H20ClNO2.C8H11Cl2NO.C3H8NO5P/c1-3-10(2)24-16-9-15(14(20)8-13(16)19)21-17(22)11-6-4-5-7-12(11)18(21)23;1-4-12-8-6-7-11(3)14(12)16(10-18-5-2)13(17)9-15;1-3-5-11(6-4-2)8(12)7(9)10;5-3(6)1-4-2-10(7,8)9/h1,8-10H,4-7H2,2H3;6-8H,4-5,9-10H2,1-3H3;3-4,7H,1-2,5-6H2;4H,1-2H2,(H,5,6)(H2,7,8,9). The summed E-state index contributed by atoms with van der Waals surface area (Å²) in [7, 11) is -4.10. The number of hydrogen-bond acceptors (Lipinski definition) is 9. The van der Waals surface area contributed by atoms with Crippen LogP contribution in [-0.2, 0) is 39.7 Å². The lowest BCUT2D eigenvalue weighted by molar-refractivity contribution is -0.136. The van der Waals surface area contributed by atoms with Gasteiger partial charge in [0.1, 0.15) is 24.2 Å². The summed E-state index contributed by atoms with van der Waals surface area (Å²) in [5, 5.41) is 10.1. The van der Waals surface area contributed by atoms with E-state index in [9.17, 15) is 32.9 Å². The molecule has 2 aromatic carbocycles. The number of nitrogens with zero attached hydrogens (tertiary/aromatic N) is 3. The number of halogens is 5. The zero-order valence-corrected chi connectivity index (χ0v) is 39.9. The lowest BCUT2D eigenvalue weighted by Gasteiger charge is -2.25. The molecule has 0 spiro atoms. The van der Waals surface area contributed by atoms with Gasteiger partial charge in [-0.3, -0.25) is 38.8 Å². The molecule has 2 aromatic rings. The molecule has 15 nitrogen and oxygen atoms in total. The molecule has 1 heterocycles. The first-order chi connectivity index (χ1) is 30.1. The minimum absolute atomic E-state index is 0.0233. The monoisotopic (exact) mass is 992 g/mol. The number of hydrogen-bond donors (Lipinski definition) is 4. The number of rotatable bonds is 18. The minimum atomic E-state index is -4.10. The average Bonchev–Trinajstić information content (AvgIpc) is 3.50. The summed E-state index contributed by atoms with van der Waals surface area (Å²) in [6.45, 7) is 15.9. The number of carboxylic acid groups (broad SMARTS) is 1. The molecular weight excluding hydrogens is 940 g/mol. The number of nitrogens with one attached hydrogen (secondary N) is 1. The van der Waals surface area contributed by atoms with Crippen molar-refractivity contribution in [3.63, 3.8) is 0 Å². The number of benzene rings is 2. The largest absolute Gasteiger partial charge is 0.480 e. The van der Waals surface area contributed by atoms with Crippen molar-refractivity contribution in [1.29, 1.82) is 0 Å². The van der Waals surface area contributed by atoms with Gasteiger partial charge in [-0.15, -0.1) is 31.2 Å². The predicted octanol–water partition coefficient (Wildman–Crippen LogP) is 7.53. The van der Waals surface area contributed by atoms with Crippen LogP contribution < -0.4 is 19.9 Å². The molecule has 2 aliphatic rings. The molecule has 0 fully saturated rings. The van der Waals surface area contributed by atoms with Gasteiger partial charge >= 0.3 is 13.6 Å². The van der Waals surface area contributed by atoms with Crippen molar-refractivity contribution < 1.29 is 57.3 Å². The van der Waals surface area contributed by atoms with Crippen molar-refractivity contribution in [2.24, 2.45) is 0 Å². The van der Waals surface area contributed by atoms with E-state index < -0.39 is 55.0 Å². The zero-order valence-electron chi connectivity index (χ0n) is 36.0. The van der Waals surface area contributed by atoms with E-state index in [0.29, 0.717) is 43.7 Å². The number of carboxylic acids is 1. The molecule has 4 N–H and O–H groups in total. The number of carbonyl (C=O) groups excluding carboxylic acids is 4. The number of carbonyl (C=O) groups is 5. The number of alkyl halides is 3. The highest BCUT2D eigenvalue weighted by Gasteiger charge is 2.41. The van der Waals surface area contributed by atoms with Crippen LogP contribution in [0.3, 0.4) is 0 Å². The second kappa shape index (κ2) is 29.3. The summed E-state index contributed by atoms with van der Waals surface area (Å²) in [5.74, 6) is -0.826. The van der Waals surface area contributed by atoms with Gasteiger partial charge in [0, 0.05) is 36.9 Å². The smallest absolute Gasteiger partial charge is 0.339 e. The van der Waals surface area contributed by atoms with Crippen molar-refractivity contribution in [3.8, 4) is 18.1 Å². The van der Waals surface area contributed by atoms with Crippen LogP contribution in [0, 0.1) is 25.1 Å². The third kappa shape index (κ3) is 18.7. The number of anilines is 2. The SMILES string of the molecule is C#CC(C)Oc1cc(N2C(=O)C3=C(CCCC3)C2=O)c(F)cc1Cl.C=CCN(CC=C)C(=O)C(Cl)Cl.CCOCN(C(=O)CCl)c1c(C)cccc1CC.O=C(O)CNCP(=O)(O)O. The van der Waals surface area contributed by atoms with E-state index >= 15 is 0 Å². The second-order valence-corrected chi connectivity index (χ2v) is 17.0. The Morgan fingerprint density at radius 2 is 1.66 bits per heavy atom. The van der Waals surface area contributed by atoms with Crippen LogP contribution in [0.15, 0.2) is 66.8 Å². The molecule has 0 aromatic heterocycles. The lowest BCUT2D eigenvalue weighted by atomic mass is 9.93. The topological polar surface area (TPSA) is 203 Å². The molecule has 0 saturated heterocycles. The van der Waals surface area contributed by atoms with E-state index in [1.54, 1.807) is 24.0 Å². The zero-order chi connectivity index (χ0) is 48.7. The summed E-state index contributed by atoms with van der Waals surface area (Å²) in [5.41, 5.74) is 3.93. The molecule has 0 radical (unpaired) electrons. The summed E-state index contributed by atoms with van der Waals surface area (Å²) in [6, 6.07) is 8.30. The van der Waals surface area contributed by atoms with Crippen LogP contribution >= 0.6 is 54.0 Å². The third-order valence-electron chi connectivity index (χ3n) is 8.77. The van der Waals surface area contributed by atoms with Crippen LogP contribution in [0.4, 0.5) is 15.8 Å². The third-order valence-corrected chi connectivity index (χ3v) is 10.3. The summed E-state index contributed by atoms with van der Waals surface area (Å²) < 4.78 is 35.2. The van der Waals surface area contributed by atoms with Crippen molar-refractivity contribution in [1.82, 2.24) is 10.2 Å². The maximum atomic E-state index is 14.4. The van der Waals surface area contributed by atoms with Crippen molar-refractivity contribution >= 4 is 95.0 Å². The normalized spacial score (nSPS) is 13.5. The molecule has 4 amide bonds. The molecule has 4 rings (SSSR count). The molecule has 1 unspecified atom stereocenters. The summed E-state index contributed by atoms with van der Waals surface area (Å²) in [6.07, 6.45) is 11.0. The maximum Gasteiger partial charge on any atom is 0.339 e. The van der Waals surface area contributed by atoms with E-state index in [-0.39, 0.29) is 40.9 Å². The van der Waals surface area contributed by atoms with Gasteiger partial charge in [-0.1, -0.05) is 78.0 Å². The van der Waals surface area contributed by atoms with Crippen LogP contribution in [0.1, 0.15) is 57.6 Å². The number of imide groups is 1. The number of aliphatic carboxylic acids is 1. The van der Waals surface area contributed by atoms with Crippen LogP contribution in [0.25, 0.3) is 0 Å². The Morgan fingerprint density at radius 1 is 1.08 bits per heavy atom. The minimum Gasteiger partial charge on any atom is -0.480 e. The van der Waals surface area contributed by atoms with Gasteiger partial charge in [0.25, 0.3) is 17.7 Å².